The first kappa shape index (κ1) is 17.0. The zero-order valence-electron chi connectivity index (χ0n) is 13.7. The Morgan fingerprint density at radius 1 is 1.00 bits per heavy atom. The molecular formula is C19H23FN2O. The number of benzene rings is 2. The van der Waals surface area contributed by atoms with E-state index in [2.05, 4.69) is 42.7 Å². The summed E-state index contributed by atoms with van der Waals surface area (Å²) in [5.74, 6) is -0.354. The van der Waals surface area contributed by atoms with E-state index in [9.17, 15) is 9.18 Å². The first-order chi connectivity index (χ1) is 11.1. The molecule has 0 atom stereocenters. The number of halogens is 1. The zero-order valence-corrected chi connectivity index (χ0v) is 13.7. The van der Waals surface area contributed by atoms with Crippen molar-refractivity contribution in [2.24, 2.45) is 0 Å². The van der Waals surface area contributed by atoms with Gasteiger partial charge in [-0.25, -0.2) is 4.39 Å². The third kappa shape index (κ3) is 4.81. The summed E-state index contributed by atoms with van der Waals surface area (Å²) in [6.45, 7) is 4.84. The molecule has 0 radical (unpaired) electrons. The van der Waals surface area contributed by atoms with Crippen LogP contribution >= 0.6 is 0 Å². The number of hydrogen-bond acceptors (Lipinski definition) is 2. The highest BCUT2D eigenvalue weighted by molar-refractivity contribution is 5.81. The van der Waals surface area contributed by atoms with Crippen molar-refractivity contribution in [2.75, 3.05) is 11.9 Å². The Kier molecular flexibility index (Phi) is 6.15. The van der Waals surface area contributed by atoms with Crippen molar-refractivity contribution in [2.45, 2.75) is 33.2 Å². The van der Waals surface area contributed by atoms with Gasteiger partial charge in [0.15, 0.2) is 0 Å². The summed E-state index contributed by atoms with van der Waals surface area (Å²) >= 11 is 0. The number of carbonyl (C=O) groups is 1. The average Bonchev–Trinajstić information content (AvgIpc) is 2.59. The second-order valence-electron chi connectivity index (χ2n) is 5.42. The Hall–Kier alpha value is -2.36. The van der Waals surface area contributed by atoms with Gasteiger partial charge in [-0.3, -0.25) is 4.79 Å². The molecule has 122 valence electrons. The molecule has 3 nitrogen and oxygen atoms in total. The van der Waals surface area contributed by atoms with E-state index >= 15 is 0 Å². The molecule has 0 saturated heterocycles. The Morgan fingerprint density at radius 2 is 1.61 bits per heavy atom. The van der Waals surface area contributed by atoms with Crippen LogP contribution in [0.25, 0.3) is 0 Å². The zero-order chi connectivity index (χ0) is 16.7. The fourth-order valence-corrected chi connectivity index (χ4v) is 2.50. The van der Waals surface area contributed by atoms with Gasteiger partial charge in [-0.15, -0.1) is 0 Å². The van der Waals surface area contributed by atoms with Crippen LogP contribution in [0, 0.1) is 5.82 Å². The molecule has 0 saturated carbocycles. The van der Waals surface area contributed by atoms with Crippen molar-refractivity contribution in [1.29, 1.82) is 0 Å². The first-order valence-corrected chi connectivity index (χ1v) is 7.99. The second-order valence-corrected chi connectivity index (χ2v) is 5.42. The van der Waals surface area contributed by atoms with E-state index in [1.807, 2.05) is 0 Å². The fourth-order valence-electron chi connectivity index (χ4n) is 2.50. The van der Waals surface area contributed by atoms with Crippen molar-refractivity contribution < 1.29 is 9.18 Å². The fraction of sp³-hybridized carbons (Fsp3) is 0.316. The largest absolute Gasteiger partial charge is 0.376 e. The van der Waals surface area contributed by atoms with Crippen LogP contribution in [0.2, 0.25) is 0 Å². The number of anilines is 1. The van der Waals surface area contributed by atoms with Crippen LogP contribution in [0.3, 0.4) is 0 Å². The smallest absolute Gasteiger partial charge is 0.239 e. The van der Waals surface area contributed by atoms with Crippen molar-refractivity contribution >= 4 is 11.6 Å². The molecule has 23 heavy (non-hydrogen) atoms. The van der Waals surface area contributed by atoms with E-state index in [4.69, 9.17) is 0 Å². The normalized spacial score (nSPS) is 10.4. The van der Waals surface area contributed by atoms with E-state index in [1.165, 1.54) is 23.3 Å². The minimum Gasteiger partial charge on any atom is -0.376 e. The molecule has 0 heterocycles. The van der Waals surface area contributed by atoms with E-state index in [0.29, 0.717) is 6.54 Å². The summed E-state index contributed by atoms with van der Waals surface area (Å²) in [5.41, 5.74) is 4.38. The topological polar surface area (TPSA) is 41.1 Å². The van der Waals surface area contributed by atoms with Crippen LogP contribution in [0.4, 0.5) is 10.1 Å². The summed E-state index contributed by atoms with van der Waals surface area (Å²) < 4.78 is 12.8. The lowest BCUT2D eigenvalue weighted by atomic mass is 10.0. The van der Waals surface area contributed by atoms with Crippen molar-refractivity contribution in [3.05, 3.63) is 65.0 Å². The van der Waals surface area contributed by atoms with Crippen molar-refractivity contribution in [3.8, 4) is 0 Å². The highest BCUT2D eigenvalue weighted by Crippen LogP contribution is 2.22. The van der Waals surface area contributed by atoms with Crippen molar-refractivity contribution in [3.63, 3.8) is 0 Å². The van der Waals surface area contributed by atoms with Gasteiger partial charge in [0.25, 0.3) is 0 Å². The van der Waals surface area contributed by atoms with Gasteiger partial charge >= 0.3 is 0 Å². The van der Waals surface area contributed by atoms with Gasteiger partial charge in [0.2, 0.25) is 5.91 Å². The monoisotopic (exact) mass is 314 g/mol. The summed E-state index contributed by atoms with van der Waals surface area (Å²) in [4.78, 5) is 12.0. The van der Waals surface area contributed by atoms with Crippen LogP contribution in [-0.2, 0) is 24.2 Å². The third-order valence-corrected chi connectivity index (χ3v) is 3.83. The summed E-state index contributed by atoms with van der Waals surface area (Å²) in [5, 5.41) is 6.10. The average molecular weight is 314 g/mol. The van der Waals surface area contributed by atoms with Crippen LogP contribution in [-0.4, -0.2) is 12.5 Å². The third-order valence-electron chi connectivity index (χ3n) is 3.83. The predicted octanol–water partition coefficient (Wildman–Crippen LogP) is 3.68. The second kappa shape index (κ2) is 8.32. The van der Waals surface area contributed by atoms with Gasteiger partial charge in [-0.2, -0.15) is 0 Å². The molecule has 0 fully saturated rings. The number of hydrogen-bond donors (Lipinski definition) is 2. The van der Waals surface area contributed by atoms with Crippen LogP contribution < -0.4 is 10.6 Å². The minimum absolute atomic E-state index is 0.0812. The Morgan fingerprint density at radius 3 is 2.17 bits per heavy atom. The quantitative estimate of drug-likeness (QED) is 0.818. The van der Waals surface area contributed by atoms with Crippen LogP contribution in [0.5, 0.6) is 0 Å². The summed E-state index contributed by atoms with van der Waals surface area (Å²) in [6.07, 6.45) is 1.85. The molecule has 2 N–H and O–H groups in total. The van der Waals surface area contributed by atoms with Gasteiger partial charge in [0, 0.05) is 12.2 Å². The predicted molar refractivity (Wildman–Crippen MR) is 91.9 cm³/mol. The number of para-hydroxylation sites is 1. The molecule has 0 aliphatic carbocycles. The van der Waals surface area contributed by atoms with Gasteiger partial charge in [0.05, 0.1) is 6.54 Å². The van der Waals surface area contributed by atoms with E-state index < -0.39 is 0 Å². The number of aryl methyl sites for hydroxylation is 2. The molecule has 0 unspecified atom stereocenters. The lowest BCUT2D eigenvalue weighted by Gasteiger charge is -2.15. The lowest BCUT2D eigenvalue weighted by molar-refractivity contribution is -0.119. The van der Waals surface area contributed by atoms with E-state index in [-0.39, 0.29) is 18.3 Å². The molecule has 4 heteroatoms. The molecule has 0 spiro atoms. The van der Waals surface area contributed by atoms with Crippen molar-refractivity contribution in [1.82, 2.24) is 5.32 Å². The maximum absolute atomic E-state index is 12.8. The molecule has 0 bridgehead atoms. The molecule has 1 amide bonds. The maximum atomic E-state index is 12.8. The number of nitrogens with one attached hydrogen (secondary N) is 2. The van der Waals surface area contributed by atoms with E-state index in [0.717, 1.165) is 24.1 Å². The molecule has 2 aromatic rings. The van der Waals surface area contributed by atoms with Crippen LogP contribution in [0.15, 0.2) is 42.5 Å². The summed E-state index contributed by atoms with van der Waals surface area (Å²) in [6, 6.07) is 12.3. The molecule has 0 aliphatic rings. The van der Waals surface area contributed by atoms with Crippen LogP contribution in [0.1, 0.15) is 30.5 Å². The Bertz CT molecular complexity index is 631. The molecule has 2 aromatic carbocycles. The van der Waals surface area contributed by atoms with Gasteiger partial charge in [-0.05, 0) is 41.7 Å². The summed E-state index contributed by atoms with van der Waals surface area (Å²) in [7, 11) is 0. The first-order valence-electron chi connectivity index (χ1n) is 7.99. The van der Waals surface area contributed by atoms with Gasteiger partial charge < -0.3 is 10.6 Å². The number of rotatable bonds is 7. The highest BCUT2D eigenvalue weighted by Gasteiger charge is 2.08. The Labute approximate surface area is 136 Å². The number of amides is 1. The standard InChI is InChI=1S/C19H23FN2O/c1-3-15-6-5-7-16(4-2)19(15)22-13-18(23)21-12-14-8-10-17(20)11-9-14/h5-11,22H,3-4,12-13H2,1-2H3,(H,21,23). The molecule has 0 aliphatic heterocycles. The SMILES string of the molecule is CCc1cccc(CC)c1NCC(=O)NCc1ccc(F)cc1. The minimum atomic E-state index is -0.273. The van der Waals surface area contributed by atoms with E-state index in [1.54, 1.807) is 12.1 Å². The number of carbonyl (C=O) groups excluding carboxylic acids is 1. The molecule has 0 aromatic heterocycles. The van der Waals surface area contributed by atoms with Gasteiger partial charge in [-0.1, -0.05) is 44.2 Å². The molecule has 2 rings (SSSR count). The lowest BCUT2D eigenvalue weighted by Crippen LogP contribution is -2.29. The highest BCUT2D eigenvalue weighted by atomic mass is 19.1. The Balaban J connectivity index is 1.90. The van der Waals surface area contributed by atoms with Gasteiger partial charge in [0.1, 0.15) is 5.82 Å². The molecular weight excluding hydrogens is 291 g/mol. The maximum Gasteiger partial charge on any atom is 0.239 e.